The molecule has 1 N–H and O–H groups in total. The van der Waals surface area contributed by atoms with Gasteiger partial charge < -0.3 is 25.3 Å². The first-order chi connectivity index (χ1) is 50.8. The fourth-order valence-corrected chi connectivity index (χ4v) is 16.6. The van der Waals surface area contributed by atoms with Gasteiger partial charge in [0.1, 0.15) is 11.6 Å². The van der Waals surface area contributed by atoms with Gasteiger partial charge in [0.2, 0.25) is 0 Å². The van der Waals surface area contributed by atoms with E-state index < -0.39 is 43.4 Å². The summed E-state index contributed by atoms with van der Waals surface area (Å²) >= 11 is 2.50. The number of hydrogen-bond acceptors (Lipinski definition) is 7. The maximum absolute atomic E-state index is 15.5. The predicted molar refractivity (Wildman–Crippen MR) is 431 cm³/mol. The second kappa shape index (κ2) is 35.8. The van der Waals surface area contributed by atoms with Crippen LogP contribution in [0.25, 0.3) is 22.3 Å². The van der Waals surface area contributed by atoms with E-state index in [-0.39, 0.29) is 68.1 Å². The normalized spacial score (nSPS) is 12.6. The van der Waals surface area contributed by atoms with Crippen molar-refractivity contribution < 1.29 is 106 Å². The first-order valence-electron chi connectivity index (χ1n) is 37.1. The van der Waals surface area contributed by atoms with Gasteiger partial charge in [0.25, 0.3) is 0 Å². The molecule has 7 nitrogen and oxygen atoms in total. The molecule has 0 aromatic heterocycles. The Morgan fingerprint density at radius 3 is 0.891 bits per heavy atom. The van der Waals surface area contributed by atoms with Gasteiger partial charge in [-0.3, -0.25) is 0 Å². The van der Waals surface area contributed by atoms with Crippen molar-refractivity contribution in [3.8, 4) is 22.3 Å². The first kappa shape index (κ1) is 91.5. The van der Waals surface area contributed by atoms with Gasteiger partial charge in [0.15, 0.2) is 0 Å². The number of aryl methyl sites for hydroxylation is 2. The monoisotopic (exact) mass is 1600 g/mol. The zero-order valence-corrected chi connectivity index (χ0v) is 79.8. The molecule has 0 saturated heterocycles. The second-order valence-electron chi connectivity index (χ2n) is 30.0. The molecule has 10 aromatic carbocycles. The minimum atomic E-state index is -4.62. The zero-order valence-electron chi connectivity index (χ0n) is 69.5. The Morgan fingerprint density at radius 1 is 0.345 bits per heavy atom. The third-order valence-corrected chi connectivity index (χ3v) is 25.3. The molecule has 0 spiro atoms. The average Bonchev–Trinajstić information content (AvgIpc) is 0.721. The van der Waals surface area contributed by atoms with Crippen LogP contribution >= 0.6 is 8.25 Å². The summed E-state index contributed by atoms with van der Waals surface area (Å²) in [5.74, 6) is -1.47. The quantitative estimate of drug-likeness (QED) is 0.0603. The Labute approximate surface area is 734 Å². The number of hydrogen-bond donors (Lipinski definition) is 1. The van der Waals surface area contributed by atoms with E-state index in [1.165, 1.54) is 242 Å². The topological polar surface area (TPSA) is 90.9 Å². The van der Waals surface area contributed by atoms with Crippen LogP contribution in [-0.2, 0) is 40.9 Å². The van der Waals surface area contributed by atoms with Crippen LogP contribution in [0.1, 0.15) is 189 Å². The summed E-state index contributed by atoms with van der Waals surface area (Å²) in [6.07, 6.45) is -6.55. The van der Waals surface area contributed by atoms with Crippen molar-refractivity contribution in [3.63, 3.8) is 0 Å². The third kappa shape index (κ3) is 17.1. The Morgan fingerprint density at radius 2 is 0.573 bits per heavy atom. The molecule has 0 aliphatic carbocycles. The van der Waals surface area contributed by atoms with E-state index in [0.29, 0.717) is 17.2 Å². The molecule has 0 fully saturated rings. The summed E-state index contributed by atoms with van der Waals surface area (Å²) in [6.45, 7) is 56.7. The molecule has 0 bridgehead atoms. The van der Waals surface area contributed by atoms with Crippen LogP contribution in [0.5, 0.6) is 0 Å². The van der Waals surface area contributed by atoms with E-state index >= 15 is 13.2 Å². The van der Waals surface area contributed by atoms with E-state index in [0.717, 1.165) is 94.3 Å². The molecule has 0 radical (unpaired) electrons. The number of alkyl halides is 6. The molecular formula is C91H97F8K3N3O4P. The van der Waals surface area contributed by atoms with Crippen LogP contribution in [0.15, 0.2) is 72.8 Å². The van der Waals surface area contributed by atoms with Gasteiger partial charge in [-0.1, -0.05) is 12.1 Å². The van der Waals surface area contributed by atoms with Crippen LogP contribution in [0.4, 0.5) is 80.6 Å². The Hall–Kier alpha value is -4.07. The van der Waals surface area contributed by atoms with E-state index in [4.69, 9.17) is 14.7 Å². The molecule has 0 saturated carbocycles. The van der Waals surface area contributed by atoms with Gasteiger partial charge in [0, 0.05) is 42.0 Å². The second-order valence-corrected chi connectivity index (χ2v) is 30.6. The van der Waals surface area contributed by atoms with Crippen LogP contribution in [-0.4, -0.2) is 63.2 Å². The number of benzene rings is 10. The van der Waals surface area contributed by atoms with E-state index in [1.807, 2.05) is 25.1 Å². The van der Waals surface area contributed by atoms with Gasteiger partial charge in [-0.2, -0.15) is 26.3 Å². The average molecular weight is 1600 g/mol. The van der Waals surface area contributed by atoms with Crippen molar-refractivity contribution in [1.82, 2.24) is 0 Å². The maximum atomic E-state index is 15.5. The van der Waals surface area contributed by atoms with E-state index in [2.05, 4.69) is 192 Å². The molecule has 10 aromatic rings. The molecule has 3 heterocycles. The third-order valence-electron chi connectivity index (χ3n) is 25.1. The van der Waals surface area contributed by atoms with Gasteiger partial charge in [-0.15, -0.1) is 0 Å². The van der Waals surface area contributed by atoms with E-state index in [9.17, 15) is 22.0 Å². The Balaban J connectivity index is 0.000000251. The molecule has 110 heavy (non-hydrogen) atoms. The van der Waals surface area contributed by atoms with Gasteiger partial charge in [0.05, 0.1) is 33.9 Å². The standard InChI is InChI=1S/C56H61F3N2.C21H27N.C14H9F5.3K.HO4P/c1-26-18-19-43(60-52-39(14)31(6)27(2)35(10)46(52)24-47-36(11)28(3)32(7)40(15)53(47)60)22-45(26)50-23-44(20-21-51(50)56(57,58)59)61-54-41(16)33(8)29(4)37(12)48(54)25-49-38(13)30(5)34(9)42(17)55(49)61;1-10-12(3)16(7)20-18(14(10)5)9-19-15(6)11(2)13(4)17(8)21(19)22-20;1-8-2-3-9(15)6-11(8)12-7-10(16)4-5-13(12)14(17,18)19;;;;1-4-5(2)3/h18-23H,24-25H2,1-17H3;22H,9H2,1-8H3;2-7H,1H3;;;;1H/q;;;;;+1;/p-1. The summed E-state index contributed by atoms with van der Waals surface area (Å²) in [5, 5.41) is 12.3. The fraction of sp³-hybridized carbons (Fsp3) is 0.341. The van der Waals surface area contributed by atoms with Crippen molar-refractivity contribution in [1.29, 1.82) is 0 Å². The minimum absolute atomic E-state index is 0. The molecule has 13 rings (SSSR count). The first-order valence-corrected chi connectivity index (χ1v) is 54.2. The molecule has 3 aliphatic rings. The van der Waals surface area contributed by atoms with Crippen molar-refractivity contribution >= 4 is 117 Å². The van der Waals surface area contributed by atoms with Crippen molar-refractivity contribution in [2.75, 3.05) is 15.1 Å². The molecular weight excluding hydrogens is 1500 g/mol. The summed E-state index contributed by atoms with van der Waals surface area (Å²) < 4.78 is 123. The summed E-state index contributed by atoms with van der Waals surface area (Å²) in [5.41, 5.74) is 48.1. The summed E-state index contributed by atoms with van der Waals surface area (Å²) in [6, 6.07) is 16.6. The van der Waals surface area contributed by atoms with Gasteiger partial charge in [-0.05, 0) is 446 Å². The number of rotatable bonds is 5. The number of anilines is 8. The predicted octanol–water partition coefficient (Wildman–Crippen LogP) is 21.7. The van der Waals surface area contributed by atoms with Crippen LogP contribution in [0.2, 0.25) is 0 Å². The SMILES string of the molecule is Cc1c(C)c(C)c2c(c1C)Cc1c(C)c(C)c(C)c(C)c1N2.Cc1ccc(F)cc1-c1cc(F)ccc1C(F)(F)F.Cc1ccc(N2c3c(C)c(C)c(C)c(C)c3Cc3c(C)c(C)c(C)c(C)c32)cc1-c1cc(N2c3c(C)c(C)c(C)c(C)c3Cc3c(C)c(C)c(C)c(C)c32)ccc1C(F)(F)F.O=[P+]([O-])O[O-].[K+].[K][K]. The van der Waals surface area contributed by atoms with Crippen LogP contribution in [0.3, 0.4) is 0 Å². The molecule has 1 unspecified atom stereocenters. The molecule has 564 valence electrons. The van der Waals surface area contributed by atoms with Crippen LogP contribution < -0.4 is 76.7 Å². The molecule has 19 heteroatoms. The molecule has 1 atom stereocenters. The summed E-state index contributed by atoms with van der Waals surface area (Å²) in [7, 11) is -3.15. The zero-order chi connectivity index (χ0) is 81.5. The summed E-state index contributed by atoms with van der Waals surface area (Å²) in [4.78, 5) is 13.5. The Kier molecular flexibility index (Phi) is 29.8. The number of nitrogens with zero attached hydrogens (tertiary/aromatic N) is 2. The number of nitrogens with one attached hydrogen (secondary N) is 1. The van der Waals surface area contributed by atoms with Crippen molar-refractivity contribution in [2.45, 2.75) is 212 Å². The van der Waals surface area contributed by atoms with Gasteiger partial charge >= 0.3 is 135 Å². The number of fused-ring (bicyclic) bond motifs is 6. The van der Waals surface area contributed by atoms with Crippen LogP contribution in [0, 0.1) is 192 Å². The van der Waals surface area contributed by atoms with Crippen molar-refractivity contribution in [2.24, 2.45) is 0 Å². The number of halogens is 8. The fourth-order valence-electron chi connectivity index (χ4n) is 16.6. The molecule has 3 aliphatic heterocycles. The van der Waals surface area contributed by atoms with Gasteiger partial charge in [-0.25, -0.2) is 13.5 Å². The Bertz CT molecular complexity index is 5140. The van der Waals surface area contributed by atoms with E-state index in [1.54, 1.807) is 13.0 Å². The van der Waals surface area contributed by atoms with Crippen molar-refractivity contribution in [3.05, 3.63) is 274 Å². The molecule has 0 amide bonds.